The van der Waals surface area contributed by atoms with Gasteiger partial charge >= 0.3 is 11.9 Å². The highest BCUT2D eigenvalue weighted by Gasteiger charge is 2.31. The van der Waals surface area contributed by atoms with Crippen LogP contribution >= 0.6 is 0 Å². The van der Waals surface area contributed by atoms with Gasteiger partial charge in [0.2, 0.25) is 6.10 Å². The highest BCUT2D eigenvalue weighted by Crippen LogP contribution is 2.27. The van der Waals surface area contributed by atoms with Gasteiger partial charge in [-0.05, 0) is 43.7 Å². The molecule has 8 heteroatoms. The smallest absolute Gasteiger partial charge is 0.347 e. The van der Waals surface area contributed by atoms with Crippen molar-refractivity contribution < 1.29 is 27.5 Å². The fourth-order valence-corrected chi connectivity index (χ4v) is 4.72. The lowest BCUT2D eigenvalue weighted by Crippen LogP contribution is -2.31. The molecular weight excluding hydrogens is 382 g/mol. The summed E-state index contributed by atoms with van der Waals surface area (Å²) in [6.07, 6.45) is -0.663. The van der Waals surface area contributed by atoms with E-state index < -0.39 is 28.1 Å². The molecule has 7 nitrogen and oxygen atoms in total. The standard InChI is InChI=1S/C20H21NO6S/c1-3-21(16-7-5-4-6-8-16)28(24,25)18-13-15(10-9-14(18)2)19(22)27-17-11-12-26-20(17)23/h4-10,13,17H,3,11-12H2,1-2H3/t17-/m0/s1. The van der Waals surface area contributed by atoms with Crippen molar-refractivity contribution in [2.24, 2.45) is 0 Å². The molecule has 0 spiro atoms. The van der Waals surface area contributed by atoms with Crippen molar-refractivity contribution in [3.05, 3.63) is 59.7 Å². The number of carbonyl (C=O) groups is 2. The van der Waals surface area contributed by atoms with Crippen molar-refractivity contribution >= 4 is 27.6 Å². The summed E-state index contributed by atoms with van der Waals surface area (Å²) >= 11 is 0. The first-order valence-corrected chi connectivity index (χ1v) is 10.3. The predicted molar refractivity (Wildman–Crippen MR) is 103 cm³/mol. The van der Waals surface area contributed by atoms with Crippen molar-refractivity contribution in [3.8, 4) is 0 Å². The molecule has 0 amide bonds. The van der Waals surface area contributed by atoms with Gasteiger partial charge in [-0.25, -0.2) is 18.0 Å². The van der Waals surface area contributed by atoms with Gasteiger partial charge in [0.25, 0.3) is 10.0 Å². The highest BCUT2D eigenvalue weighted by atomic mass is 32.2. The first kappa shape index (κ1) is 19.9. The molecule has 0 unspecified atom stereocenters. The van der Waals surface area contributed by atoms with E-state index in [0.717, 1.165) is 0 Å². The lowest BCUT2D eigenvalue weighted by molar-refractivity contribution is -0.145. The van der Waals surface area contributed by atoms with Crippen LogP contribution in [0.15, 0.2) is 53.4 Å². The topological polar surface area (TPSA) is 90.0 Å². The van der Waals surface area contributed by atoms with Crippen LogP contribution in [0.1, 0.15) is 29.3 Å². The Morgan fingerprint density at radius 2 is 1.93 bits per heavy atom. The quantitative estimate of drug-likeness (QED) is 0.689. The van der Waals surface area contributed by atoms with Crippen molar-refractivity contribution in [1.82, 2.24) is 0 Å². The Kier molecular flexibility index (Phi) is 5.69. The van der Waals surface area contributed by atoms with Crippen molar-refractivity contribution in [2.45, 2.75) is 31.3 Å². The number of esters is 2. The lowest BCUT2D eigenvalue weighted by Gasteiger charge is -2.24. The number of cyclic esters (lactones) is 1. The molecule has 28 heavy (non-hydrogen) atoms. The summed E-state index contributed by atoms with van der Waals surface area (Å²) in [4.78, 5) is 23.9. The summed E-state index contributed by atoms with van der Waals surface area (Å²) < 4.78 is 37.7. The van der Waals surface area contributed by atoms with Crippen LogP contribution < -0.4 is 4.31 Å². The zero-order chi connectivity index (χ0) is 20.3. The first-order valence-electron chi connectivity index (χ1n) is 8.90. The molecule has 0 aromatic heterocycles. The van der Waals surface area contributed by atoms with Crippen LogP contribution in [0.4, 0.5) is 5.69 Å². The van der Waals surface area contributed by atoms with Crippen molar-refractivity contribution in [1.29, 1.82) is 0 Å². The maximum absolute atomic E-state index is 13.3. The molecule has 2 aromatic rings. The van der Waals surface area contributed by atoms with E-state index >= 15 is 0 Å². The van der Waals surface area contributed by atoms with Gasteiger partial charge < -0.3 is 9.47 Å². The summed E-state index contributed by atoms with van der Waals surface area (Å²) in [5, 5.41) is 0. The maximum atomic E-state index is 13.3. The third-order valence-corrected chi connectivity index (χ3v) is 6.50. The Morgan fingerprint density at radius 1 is 1.21 bits per heavy atom. The van der Waals surface area contributed by atoms with Gasteiger partial charge in [0.1, 0.15) is 0 Å². The van der Waals surface area contributed by atoms with E-state index in [4.69, 9.17) is 9.47 Å². The molecule has 3 rings (SSSR count). The van der Waals surface area contributed by atoms with E-state index in [-0.39, 0.29) is 23.6 Å². The molecule has 0 N–H and O–H groups in total. The maximum Gasteiger partial charge on any atom is 0.347 e. The van der Waals surface area contributed by atoms with Crippen LogP contribution in [0.2, 0.25) is 0 Å². The third-order valence-electron chi connectivity index (χ3n) is 4.46. The molecule has 1 heterocycles. The van der Waals surface area contributed by atoms with Crippen LogP contribution in [0, 0.1) is 6.92 Å². The monoisotopic (exact) mass is 403 g/mol. The molecule has 1 aliphatic rings. The first-order chi connectivity index (χ1) is 13.3. The van der Waals surface area contributed by atoms with Gasteiger partial charge in [0.05, 0.1) is 22.8 Å². The highest BCUT2D eigenvalue weighted by molar-refractivity contribution is 7.92. The van der Waals surface area contributed by atoms with Crippen LogP contribution in [-0.2, 0) is 24.3 Å². The summed E-state index contributed by atoms with van der Waals surface area (Å²) in [7, 11) is -3.89. The zero-order valence-electron chi connectivity index (χ0n) is 15.6. The van der Waals surface area contributed by atoms with Gasteiger partial charge in [0, 0.05) is 13.0 Å². The van der Waals surface area contributed by atoms with E-state index in [9.17, 15) is 18.0 Å². The Morgan fingerprint density at radius 3 is 2.54 bits per heavy atom. The summed E-state index contributed by atoms with van der Waals surface area (Å²) in [5.41, 5.74) is 1.10. The van der Waals surface area contributed by atoms with Gasteiger partial charge in [-0.15, -0.1) is 0 Å². The molecule has 0 bridgehead atoms. The van der Waals surface area contributed by atoms with Crippen LogP contribution in [0.3, 0.4) is 0 Å². The van der Waals surface area contributed by atoms with E-state index in [2.05, 4.69) is 0 Å². The lowest BCUT2D eigenvalue weighted by atomic mass is 10.1. The second kappa shape index (κ2) is 8.02. The predicted octanol–water partition coefficient (Wildman–Crippen LogP) is 2.68. The average molecular weight is 403 g/mol. The minimum Gasteiger partial charge on any atom is -0.463 e. The Hall–Kier alpha value is -2.87. The molecule has 1 fully saturated rings. The molecule has 0 saturated carbocycles. The van der Waals surface area contributed by atoms with Gasteiger partial charge in [-0.2, -0.15) is 0 Å². The van der Waals surface area contributed by atoms with E-state index in [1.807, 2.05) is 0 Å². The fourth-order valence-electron chi connectivity index (χ4n) is 2.99. The molecule has 2 aromatic carbocycles. The number of carbonyl (C=O) groups excluding carboxylic acids is 2. The average Bonchev–Trinajstić information content (AvgIpc) is 3.07. The molecule has 1 saturated heterocycles. The zero-order valence-corrected chi connectivity index (χ0v) is 16.4. The second-order valence-electron chi connectivity index (χ2n) is 6.34. The van der Waals surface area contributed by atoms with Gasteiger partial charge in [-0.3, -0.25) is 4.31 Å². The Labute approximate surface area is 163 Å². The van der Waals surface area contributed by atoms with Crippen molar-refractivity contribution in [2.75, 3.05) is 17.5 Å². The number of hydrogen-bond donors (Lipinski definition) is 0. The third kappa shape index (κ3) is 3.87. The Bertz CT molecular complexity index is 987. The molecule has 1 atom stereocenters. The number of rotatable bonds is 6. The van der Waals surface area contributed by atoms with Crippen molar-refractivity contribution in [3.63, 3.8) is 0 Å². The number of sulfonamides is 1. The van der Waals surface area contributed by atoms with E-state index in [1.165, 1.54) is 16.4 Å². The Balaban J connectivity index is 1.94. The fraction of sp³-hybridized carbons (Fsp3) is 0.300. The number of aryl methyl sites for hydroxylation is 1. The van der Waals surface area contributed by atoms with Crippen LogP contribution in [0.25, 0.3) is 0 Å². The van der Waals surface area contributed by atoms with E-state index in [1.54, 1.807) is 50.2 Å². The van der Waals surface area contributed by atoms with Gasteiger partial charge in [-0.1, -0.05) is 24.3 Å². The second-order valence-corrected chi connectivity index (χ2v) is 8.17. The SMILES string of the molecule is CCN(c1ccccc1)S(=O)(=O)c1cc(C(=O)O[C@H]2CCOC2=O)ccc1C. The molecule has 0 radical (unpaired) electrons. The minimum atomic E-state index is -3.89. The number of ether oxygens (including phenoxy) is 2. The number of nitrogens with zero attached hydrogens (tertiary/aromatic N) is 1. The van der Waals surface area contributed by atoms with E-state index in [0.29, 0.717) is 17.7 Å². The number of para-hydroxylation sites is 1. The number of anilines is 1. The van der Waals surface area contributed by atoms with Gasteiger partial charge in [0.15, 0.2) is 0 Å². The van der Waals surface area contributed by atoms with Crippen LogP contribution in [-0.4, -0.2) is 39.6 Å². The summed E-state index contributed by atoms with van der Waals surface area (Å²) in [6, 6.07) is 13.1. The number of benzene rings is 2. The minimum absolute atomic E-state index is 0.0154. The summed E-state index contributed by atoms with van der Waals surface area (Å²) in [5.74, 6) is -1.35. The molecular formula is C20H21NO6S. The molecule has 1 aliphatic heterocycles. The summed E-state index contributed by atoms with van der Waals surface area (Å²) in [6.45, 7) is 3.83. The normalized spacial score (nSPS) is 16.5. The molecule has 0 aliphatic carbocycles. The largest absolute Gasteiger partial charge is 0.463 e. The van der Waals surface area contributed by atoms with Crippen LogP contribution in [0.5, 0.6) is 0 Å². The number of hydrogen-bond acceptors (Lipinski definition) is 6. The molecule has 148 valence electrons.